The van der Waals surface area contributed by atoms with Gasteiger partial charge in [0.2, 0.25) is 5.89 Å². The second-order valence-corrected chi connectivity index (χ2v) is 5.96. The van der Waals surface area contributed by atoms with Crippen molar-refractivity contribution in [2.75, 3.05) is 13.2 Å². The first-order valence-electron chi connectivity index (χ1n) is 8.12. The molecule has 0 radical (unpaired) electrons. The molecule has 2 N–H and O–H groups in total. The molecule has 24 heavy (non-hydrogen) atoms. The SMILES string of the molecule is Cc1noc(C(NC(=O)NC(C)c2ccco2)C2CCOCC2)n1. The van der Waals surface area contributed by atoms with Crippen molar-refractivity contribution in [2.24, 2.45) is 5.92 Å². The van der Waals surface area contributed by atoms with Crippen LogP contribution in [0.5, 0.6) is 0 Å². The van der Waals surface area contributed by atoms with Crippen molar-refractivity contribution in [1.29, 1.82) is 0 Å². The van der Waals surface area contributed by atoms with Crippen molar-refractivity contribution < 1.29 is 18.5 Å². The number of hydrogen-bond acceptors (Lipinski definition) is 6. The minimum absolute atomic E-state index is 0.197. The van der Waals surface area contributed by atoms with Crippen LogP contribution in [0.4, 0.5) is 4.79 Å². The summed E-state index contributed by atoms with van der Waals surface area (Å²) in [7, 11) is 0. The Kier molecular flexibility index (Phi) is 5.14. The zero-order chi connectivity index (χ0) is 16.9. The molecule has 8 nitrogen and oxygen atoms in total. The molecule has 3 rings (SSSR count). The molecule has 2 aromatic heterocycles. The molecule has 3 heterocycles. The Bertz CT molecular complexity index is 649. The summed E-state index contributed by atoms with van der Waals surface area (Å²) in [5, 5.41) is 9.67. The normalized spacial score (nSPS) is 18.1. The van der Waals surface area contributed by atoms with E-state index in [0.29, 0.717) is 30.7 Å². The molecule has 8 heteroatoms. The number of furan rings is 1. The van der Waals surface area contributed by atoms with Crippen LogP contribution in [-0.4, -0.2) is 29.4 Å². The van der Waals surface area contributed by atoms with E-state index in [1.807, 2.05) is 13.0 Å². The summed E-state index contributed by atoms with van der Waals surface area (Å²) in [5.74, 6) is 1.87. The second kappa shape index (κ2) is 7.48. The van der Waals surface area contributed by atoms with E-state index < -0.39 is 0 Å². The highest BCUT2D eigenvalue weighted by Gasteiger charge is 2.31. The van der Waals surface area contributed by atoms with Gasteiger partial charge in [0.05, 0.1) is 12.3 Å². The van der Waals surface area contributed by atoms with Gasteiger partial charge in [-0.2, -0.15) is 4.98 Å². The maximum atomic E-state index is 12.4. The molecule has 2 aromatic rings. The average Bonchev–Trinajstić information content (AvgIpc) is 3.25. The van der Waals surface area contributed by atoms with Crippen molar-refractivity contribution >= 4 is 6.03 Å². The van der Waals surface area contributed by atoms with Crippen LogP contribution < -0.4 is 10.6 Å². The number of hydrogen-bond donors (Lipinski definition) is 2. The molecule has 1 fully saturated rings. The number of carbonyl (C=O) groups excluding carboxylic acids is 1. The standard InChI is InChI=1S/C16H22N4O4/c1-10(13-4-3-7-23-13)17-16(21)19-14(12-5-8-22-9-6-12)15-18-11(2)20-24-15/h3-4,7,10,12,14H,5-6,8-9H2,1-2H3,(H2,17,19,21). The number of amides is 2. The number of rotatable bonds is 5. The summed E-state index contributed by atoms with van der Waals surface area (Å²) in [6.07, 6.45) is 3.25. The maximum Gasteiger partial charge on any atom is 0.316 e. The Morgan fingerprint density at radius 1 is 1.33 bits per heavy atom. The quantitative estimate of drug-likeness (QED) is 0.871. The monoisotopic (exact) mass is 334 g/mol. The number of aromatic nitrogens is 2. The second-order valence-electron chi connectivity index (χ2n) is 5.96. The Morgan fingerprint density at radius 2 is 2.12 bits per heavy atom. The third-order valence-corrected chi connectivity index (χ3v) is 4.15. The van der Waals surface area contributed by atoms with E-state index >= 15 is 0 Å². The summed E-state index contributed by atoms with van der Waals surface area (Å²) < 4.78 is 16.0. The Morgan fingerprint density at radius 3 is 2.75 bits per heavy atom. The number of carbonyl (C=O) groups is 1. The van der Waals surface area contributed by atoms with Gasteiger partial charge in [-0.15, -0.1) is 0 Å². The summed E-state index contributed by atoms with van der Waals surface area (Å²) >= 11 is 0. The first-order chi connectivity index (χ1) is 11.6. The van der Waals surface area contributed by atoms with Crippen molar-refractivity contribution in [3.05, 3.63) is 35.9 Å². The molecule has 2 unspecified atom stereocenters. The lowest BCUT2D eigenvalue weighted by Crippen LogP contribution is -2.42. The Balaban J connectivity index is 1.67. The molecule has 0 saturated carbocycles. The molecule has 2 atom stereocenters. The molecule has 1 aliphatic rings. The van der Waals surface area contributed by atoms with Crippen LogP contribution in [0.2, 0.25) is 0 Å². The van der Waals surface area contributed by atoms with Gasteiger partial charge in [0.15, 0.2) is 5.82 Å². The van der Waals surface area contributed by atoms with Crippen LogP contribution in [0.3, 0.4) is 0 Å². The van der Waals surface area contributed by atoms with Crippen molar-refractivity contribution in [1.82, 2.24) is 20.8 Å². The van der Waals surface area contributed by atoms with Crippen molar-refractivity contribution in [3.63, 3.8) is 0 Å². The molecular formula is C16H22N4O4. The molecular weight excluding hydrogens is 312 g/mol. The zero-order valence-electron chi connectivity index (χ0n) is 13.8. The Labute approximate surface area is 139 Å². The maximum absolute atomic E-state index is 12.4. The zero-order valence-corrected chi connectivity index (χ0v) is 13.8. The van der Waals surface area contributed by atoms with E-state index in [0.717, 1.165) is 12.8 Å². The molecule has 2 amide bonds. The summed E-state index contributed by atoms with van der Waals surface area (Å²) in [5.41, 5.74) is 0. The van der Waals surface area contributed by atoms with E-state index in [2.05, 4.69) is 20.8 Å². The summed E-state index contributed by atoms with van der Waals surface area (Å²) in [6.45, 7) is 4.95. The van der Waals surface area contributed by atoms with Gasteiger partial charge in [-0.25, -0.2) is 4.79 Å². The van der Waals surface area contributed by atoms with Crippen LogP contribution in [0, 0.1) is 12.8 Å². The van der Waals surface area contributed by atoms with E-state index in [1.165, 1.54) is 0 Å². The highest BCUT2D eigenvalue weighted by Crippen LogP contribution is 2.29. The van der Waals surface area contributed by atoms with Crippen LogP contribution in [-0.2, 0) is 4.74 Å². The number of nitrogens with zero attached hydrogens (tertiary/aromatic N) is 2. The number of ether oxygens (including phenoxy) is 1. The molecule has 0 bridgehead atoms. The fraction of sp³-hybridized carbons (Fsp3) is 0.562. The number of aryl methyl sites for hydroxylation is 1. The van der Waals surface area contributed by atoms with Crippen LogP contribution in [0.1, 0.15) is 49.3 Å². The minimum Gasteiger partial charge on any atom is -0.467 e. The molecule has 0 aromatic carbocycles. The van der Waals surface area contributed by atoms with Gasteiger partial charge in [-0.1, -0.05) is 5.16 Å². The first-order valence-corrected chi connectivity index (χ1v) is 8.12. The minimum atomic E-state index is -0.334. The smallest absolute Gasteiger partial charge is 0.316 e. The van der Waals surface area contributed by atoms with Gasteiger partial charge in [0.1, 0.15) is 11.8 Å². The van der Waals surface area contributed by atoms with Crippen LogP contribution in [0.15, 0.2) is 27.3 Å². The number of nitrogens with one attached hydrogen (secondary N) is 2. The van der Waals surface area contributed by atoms with Gasteiger partial charge in [-0.3, -0.25) is 0 Å². The average molecular weight is 334 g/mol. The predicted octanol–water partition coefficient (Wildman–Crippen LogP) is 2.50. The number of urea groups is 1. The van der Waals surface area contributed by atoms with E-state index in [4.69, 9.17) is 13.7 Å². The lowest BCUT2D eigenvalue weighted by molar-refractivity contribution is 0.0502. The third kappa shape index (κ3) is 3.94. The molecule has 0 aliphatic carbocycles. The van der Waals surface area contributed by atoms with Crippen molar-refractivity contribution in [3.8, 4) is 0 Å². The van der Waals surface area contributed by atoms with Gasteiger partial charge in [0.25, 0.3) is 0 Å². The lowest BCUT2D eigenvalue weighted by atomic mass is 9.91. The van der Waals surface area contributed by atoms with Gasteiger partial charge >= 0.3 is 6.03 Å². The third-order valence-electron chi connectivity index (χ3n) is 4.15. The van der Waals surface area contributed by atoms with E-state index in [-0.39, 0.29) is 24.0 Å². The van der Waals surface area contributed by atoms with Gasteiger partial charge < -0.3 is 24.3 Å². The highest BCUT2D eigenvalue weighted by molar-refractivity contribution is 5.74. The first kappa shape index (κ1) is 16.5. The predicted molar refractivity (Wildman–Crippen MR) is 84.1 cm³/mol. The molecule has 130 valence electrons. The van der Waals surface area contributed by atoms with Gasteiger partial charge in [-0.05, 0) is 44.7 Å². The van der Waals surface area contributed by atoms with Crippen LogP contribution >= 0.6 is 0 Å². The topological polar surface area (TPSA) is 102 Å². The van der Waals surface area contributed by atoms with E-state index in [1.54, 1.807) is 19.3 Å². The fourth-order valence-electron chi connectivity index (χ4n) is 2.86. The lowest BCUT2D eigenvalue weighted by Gasteiger charge is -2.29. The Hall–Kier alpha value is -2.35. The molecule has 1 aliphatic heterocycles. The molecule has 1 saturated heterocycles. The highest BCUT2D eigenvalue weighted by atomic mass is 16.5. The van der Waals surface area contributed by atoms with Crippen molar-refractivity contribution in [2.45, 2.75) is 38.8 Å². The molecule has 0 spiro atoms. The van der Waals surface area contributed by atoms with Gasteiger partial charge in [0, 0.05) is 13.2 Å². The van der Waals surface area contributed by atoms with E-state index in [9.17, 15) is 4.79 Å². The van der Waals surface area contributed by atoms with Crippen LogP contribution in [0.25, 0.3) is 0 Å². The largest absolute Gasteiger partial charge is 0.467 e. The summed E-state index contributed by atoms with van der Waals surface area (Å²) in [6, 6.07) is 2.74. The summed E-state index contributed by atoms with van der Waals surface area (Å²) in [4.78, 5) is 16.7. The fourth-order valence-corrected chi connectivity index (χ4v) is 2.86.